The number of nitrogens with zero attached hydrogens (tertiary/aromatic N) is 3. The Morgan fingerprint density at radius 3 is 2.48 bits per heavy atom. The number of pyridine rings is 1. The first-order valence-corrected chi connectivity index (χ1v) is 8.81. The number of benzene rings is 1. The Labute approximate surface area is 149 Å². The third kappa shape index (κ3) is 4.29. The lowest BCUT2D eigenvalue weighted by molar-refractivity contribution is 0.102. The van der Waals surface area contributed by atoms with Crippen LogP contribution >= 0.6 is 0 Å². The molecule has 2 heterocycles. The van der Waals surface area contributed by atoms with Gasteiger partial charge in [0.25, 0.3) is 5.91 Å². The van der Waals surface area contributed by atoms with Crippen molar-refractivity contribution in [3.8, 4) is 0 Å². The zero-order valence-electron chi connectivity index (χ0n) is 15.2. The minimum Gasteiger partial charge on any atom is -0.378 e. The third-order valence-electron chi connectivity index (χ3n) is 4.78. The largest absolute Gasteiger partial charge is 0.378 e. The number of aromatic nitrogens is 1. The molecule has 1 aliphatic heterocycles. The molecule has 0 radical (unpaired) electrons. The Bertz CT molecular complexity index is 719. The zero-order valence-corrected chi connectivity index (χ0v) is 15.2. The van der Waals surface area contributed by atoms with Gasteiger partial charge in [0, 0.05) is 44.8 Å². The highest BCUT2D eigenvalue weighted by molar-refractivity contribution is 6.04. The number of nitrogens with one attached hydrogen (secondary N) is 1. The van der Waals surface area contributed by atoms with Gasteiger partial charge in [-0.1, -0.05) is 6.92 Å². The summed E-state index contributed by atoms with van der Waals surface area (Å²) in [7, 11) is 3.98. The molecule has 3 rings (SSSR count). The highest BCUT2D eigenvalue weighted by atomic mass is 16.1. The van der Waals surface area contributed by atoms with Crippen LogP contribution in [0.3, 0.4) is 0 Å². The Morgan fingerprint density at radius 2 is 1.84 bits per heavy atom. The van der Waals surface area contributed by atoms with Crippen molar-refractivity contribution in [1.82, 2.24) is 4.98 Å². The molecule has 132 valence electrons. The van der Waals surface area contributed by atoms with Crippen molar-refractivity contribution in [1.29, 1.82) is 0 Å². The zero-order chi connectivity index (χ0) is 17.8. The summed E-state index contributed by atoms with van der Waals surface area (Å²) in [5.74, 6) is 0.651. The highest BCUT2D eigenvalue weighted by Gasteiger charge is 2.17. The first-order chi connectivity index (χ1) is 12.0. The fourth-order valence-electron chi connectivity index (χ4n) is 3.04. The molecule has 1 fully saturated rings. The van der Waals surface area contributed by atoms with E-state index >= 15 is 0 Å². The molecule has 1 saturated heterocycles. The van der Waals surface area contributed by atoms with E-state index in [1.54, 1.807) is 6.20 Å². The molecular weight excluding hydrogens is 312 g/mol. The summed E-state index contributed by atoms with van der Waals surface area (Å²) >= 11 is 0. The molecule has 1 aromatic heterocycles. The summed E-state index contributed by atoms with van der Waals surface area (Å²) in [6.45, 7) is 4.35. The Kier molecular flexibility index (Phi) is 5.22. The normalized spacial score (nSPS) is 15.1. The molecule has 0 spiro atoms. The van der Waals surface area contributed by atoms with E-state index in [4.69, 9.17) is 0 Å². The molecule has 0 saturated carbocycles. The lowest BCUT2D eigenvalue weighted by Gasteiger charge is -2.32. The molecule has 0 aliphatic carbocycles. The average molecular weight is 338 g/mol. The van der Waals surface area contributed by atoms with E-state index in [1.807, 2.05) is 55.5 Å². The summed E-state index contributed by atoms with van der Waals surface area (Å²) in [6, 6.07) is 9.73. The van der Waals surface area contributed by atoms with Gasteiger partial charge in [0.05, 0.1) is 17.4 Å². The third-order valence-corrected chi connectivity index (χ3v) is 4.78. The summed E-state index contributed by atoms with van der Waals surface area (Å²) < 4.78 is 0. The number of hydrogen-bond acceptors (Lipinski definition) is 4. The van der Waals surface area contributed by atoms with E-state index in [2.05, 4.69) is 22.1 Å². The fraction of sp³-hybridized carbons (Fsp3) is 0.400. The van der Waals surface area contributed by atoms with E-state index in [0.717, 1.165) is 36.1 Å². The van der Waals surface area contributed by atoms with Crippen LogP contribution in [0.4, 0.5) is 17.1 Å². The topological polar surface area (TPSA) is 48.5 Å². The van der Waals surface area contributed by atoms with E-state index in [-0.39, 0.29) is 5.91 Å². The van der Waals surface area contributed by atoms with Crippen molar-refractivity contribution in [2.24, 2.45) is 5.92 Å². The van der Waals surface area contributed by atoms with Gasteiger partial charge in [-0.05, 0) is 49.1 Å². The van der Waals surface area contributed by atoms with Crippen LogP contribution in [0.1, 0.15) is 30.1 Å². The smallest absolute Gasteiger partial charge is 0.257 e. The first-order valence-electron chi connectivity index (χ1n) is 8.81. The predicted octanol–water partition coefficient (Wildman–Crippen LogP) is 3.64. The lowest BCUT2D eigenvalue weighted by atomic mass is 9.99. The number of carbonyl (C=O) groups excluding carboxylic acids is 1. The monoisotopic (exact) mass is 338 g/mol. The maximum absolute atomic E-state index is 12.5. The molecule has 1 N–H and O–H groups in total. The molecule has 2 aromatic rings. The van der Waals surface area contributed by atoms with Gasteiger partial charge in [-0.15, -0.1) is 0 Å². The van der Waals surface area contributed by atoms with Gasteiger partial charge >= 0.3 is 0 Å². The van der Waals surface area contributed by atoms with E-state index < -0.39 is 0 Å². The van der Waals surface area contributed by atoms with Gasteiger partial charge in [0.2, 0.25) is 0 Å². The van der Waals surface area contributed by atoms with E-state index in [0.29, 0.717) is 5.56 Å². The molecule has 5 heteroatoms. The van der Waals surface area contributed by atoms with Crippen LogP contribution in [0, 0.1) is 5.92 Å². The van der Waals surface area contributed by atoms with Crippen LogP contribution in [-0.2, 0) is 0 Å². The Hall–Kier alpha value is -2.56. The predicted molar refractivity (Wildman–Crippen MR) is 104 cm³/mol. The summed E-state index contributed by atoms with van der Waals surface area (Å²) in [4.78, 5) is 21.2. The van der Waals surface area contributed by atoms with Crippen LogP contribution in [0.25, 0.3) is 0 Å². The van der Waals surface area contributed by atoms with Crippen molar-refractivity contribution < 1.29 is 4.79 Å². The molecule has 5 nitrogen and oxygen atoms in total. The van der Waals surface area contributed by atoms with Gasteiger partial charge in [0.1, 0.15) is 0 Å². The van der Waals surface area contributed by atoms with Crippen LogP contribution in [0.2, 0.25) is 0 Å². The molecule has 1 aliphatic rings. The second-order valence-electron chi connectivity index (χ2n) is 7.00. The number of rotatable bonds is 4. The van der Waals surface area contributed by atoms with Gasteiger partial charge < -0.3 is 15.1 Å². The van der Waals surface area contributed by atoms with Crippen LogP contribution in [0.15, 0.2) is 42.7 Å². The van der Waals surface area contributed by atoms with Crippen molar-refractivity contribution in [3.05, 3.63) is 48.3 Å². The van der Waals surface area contributed by atoms with Gasteiger partial charge in [-0.2, -0.15) is 0 Å². The van der Waals surface area contributed by atoms with Gasteiger partial charge in [-0.25, -0.2) is 0 Å². The SMILES string of the molecule is CC1CCN(c2cncc(C(=O)Nc3ccc(N(C)C)cc3)c2)CC1. The summed E-state index contributed by atoms with van der Waals surface area (Å²) in [6.07, 6.45) is 5.85. The van der Waals surface area contributed by atoms with Crippen LogP contribution in [-0.4, -0.2) is 38.1 Å². The van der Waals surface area contributed by atoms with Crippen LogP contribution < -0.4 is 15.1 Å². The molecule has 0 bridgehead atoms. The van der Waals surface area contributed by atoms with Crippen molar-refractivity contribution >= 4 is 23.0 Å². The van der Waals surface area contributed by atoms with Crippen molar-refractivity contribution in [2.45, 2.75) is 19.8 Å². The van der Waals surface area contributed by atoms with Crippen molar-refractivity contribution in [2.75, 3.05) is 42.3 Å². The first kappa shape index (κ1) is 17.3. The summed E-state index contributed by atoms with van der Waals surface area (Å²) in [5, 5.41) is 2.95. The Balaban J connectivity index is 1.68. The standard InChI is InChI=1S/C20H26N4O/c1-15-8-10-24(11-9-15)19-12-16(13-21-14-19)20(25)22-17-4-6-18(7-5-17)23(2)3/h4-7,12-15H,8-11H2,1-3H3,(H,22,25). The maximum atomic E-state index is 12.5. The molecule has 0 unspecified atom stereocenters. The summed E-state index contributed by atoms with van der Waals surface area (Å²) in [5.41, 5.74) is 3.50. The molecule has 0 atom stereocenters. The molecule has 1 amide bonds. The number of anilines is 3. The second-order valence-corrected chi connectivity index (χ2v) is 7.00. The van der Waals surface area contributed by atoms with Crippen LogP contribution in [0.5, 0.6) is 0 Å². The number of piperidine rings is 1. The number of carbonyl (C=O) groups is 1. The van der Waals surface area contributed by atoms with Gasteiger partial charge in [0.15, 0.2) is 0 Å². The maximum Gasteiger partial charge on any atom is 0.257 e. The van der Waals surface area contributed by atoms with Crippen molar-refractivity contribution in [3.63, 3.8) is 0 Å². The van der Waals surface area contributed by atoms with E-state index in [9.17, 15) is 4.79 Å². The quantitative estimate of drug-likeness (QED) is 0.925. The lowest BCUT2D eigenvalue weighted by Crippen LogP contribution is -2.33. The molecule has 1 aromatic carbocycles. The number of amides is 1. The highest BCUT2D eigenvalue weighted by Crippen LogP contribution is 2.23. The number of hydrogen-bond donors (Lipinski definition) is 1. The second kappa shape index (κ2) is 7.55. The minimum atomic E-state index is -0.127. The Morgan fingerprint density at radius 1 is 1.16 bits per heavy atom. The van der Waals surface area contributed by atoms with E-state index in [1.165, 1.54) is 12.8 Å². The average Bonchev–Trinajstić information content (AvgIpc) is 2.63. The minimum absolute atomic E-state index is 0.127. The fourth-order valence-corrected chi connectivity index (χ4v) is 3.04. The molecular formula is C20H26N4O. The van der Waals surface area contributed by atoms with Gasteiger partial charge in [-0.3, -0.25) is 9.78 Å². The molecule has 25 heavy (non-hydrogen) atoms.